The van der Waals surface area contributed by atoms with Crippen LogP contribution < -0.4 is 20.9 Å². The van der Waals surface area contributed by atoms with Gasteiger partial charge in [-0.1, -0.05) is 23.7 Å². The van der Waals surface area contributed by atoms with E-state index in [0.717, 1.165) is 28.7 Å². The summed E-state index contributed by atoms with van der Waals surface area (Å²) < 4.78 is 43.5. The Balaban J connectivity index is 1.62. The quantitative estimate of drug-likeness (QED) is 0.223. The smallest absolute Gasteiger partial charge is 0.328 e. The maximum atomic E-state index is 15.0. The number of nitrogens with zero attached hydrogens (tertiary/aromatic N) is 4. The molecular formula is C30H27ClF3N7O2. The Labute approximate surface area is 250 Å². The molecule has 3 amide bonds. The van der Waals surface area contributed by atoms with Crippen LogP contribution in [0.25, 0.3) is 11.3 Å². The van der Waals surface area contributed by atoms with Crippen molar-refractivity contribution in [2.24, 2.45) is 0 Å². The van der Waals surface area contributed by atoms with Gasteiger partial charge in [-0.15, -0.1) is 0 Å². The average Bonchev–Trinajstić information content (AvgIpc) is 2.95. The Hall–Kier alpha value is -4.68. The lowest BCUT2D eigenvalue weighted by Gasteiger charge is -2.31. The van der Waals surface area contributed by atoms with Gasteiger partial charge in [0.15, 0.2) is 5.82 Å². The van der Waals surface area contributed by atoms with Crippen LogP contribution in [0.2, 0.25) is 5.02 Å². The molecule has 0 fully saturated rings. The van der Waals surface area contributed by atoms with Gasteiger partial charge < -0.3 is 20.9 Å². The highest BCUT2D eigenvalue weighted by Crippen LogP contribution is 2.39. The second kappa shape index (κ2) is 12.3. The molecule has 5 rings (SSSR count). The maximum Gasteiger partial charge on any atom is 0.328 e. The molecule has 0 radical (unpaired) electrons. The Bertz CT molecular complexity index is 1710. The van der Waals surface area contributed by atoms with Gasteiger partial charge in [-0.2, -0.15) is 4.98 Å². The number of carbonyl (C=O) groups excluding carboxylic acids is 2. The van der Waals surface area contributed by atoms with E-state index in [4.69, 9.17) is 16.6 Å². The molecule has 0 aliphatic carbocycles. The lowest BCUT2D eigenvalue weighted by Crippen LogP contribution is -2.43. The molecule has 0 bridgehead atoms. The van der Waals surface area contributed by atoms with Gasteiger partial charge in [0, 0.05) is 35.5 Å². The number of benzene rings is 3. The van der Waals surface area contributed by atoms with Crippen LogP contribution >= 0.6 is 11.6 Å². The molecule has 13 heteroatoms. The van der Waals surface area contributed by atoms with Gasteiger partial charge in [-0.05, 0) is 69.0 Å². The fourth-order valence-corrected chi connectivity index (χ4v) is 4.74. The minimum absolute atomic E-state index is 0.000289. The molecule has 3 aromatic carbocycles. The van der Waals surface area contributed by atoms with Crippen LogP contribution in [0.1, 0.15) is 21.5 Å². The zero-order valence-electron chi connectivity index (χ0n) is 23.4. The molecule has 1 aliphatic rings. The van der Waals surface area contributed by atoms with E-state index in [1.807, 2.05) is 25.9 Å². The highest BCUT2D eigenvalue weighted by atomic mass is 35.5. The Kier molecular flexibility index (Phi) is 8.51. The highest BCUT2D eigenvalue weighted by molar-refractivity contribution is 6.31. The highest BCUT2D eigenvalue weighted by Gasteiger charge is 2.34. The molecule has 0 spiro atoms. The van der Waals surface area contributed by atoms with Crippen LogP contribution in [0.15, 0.2) is 54.6 Å². The van der Waals surface area contributed by atoms with Crippen molar-refractivity contribution in [1.82, 2.24) is 20.2 Å². The number of urea groups is 1. The van der Waals surface area contributed by atoms with Crippen LogP contribution in [-0.2, 0) is 6.54 Å². The summed E-state index contributed by atoms with van der Waals surface area (Å²) in [5.74, 6) is -2.86. The van der Waals surface area contributed by atoms with Gasteiger partial charge in [0.2, 0.25) is 5.95 Å². The number of rotatable bonds is 8. The zero-order valence-corrected chi connectivity index (χ0v) is 24.2. The minimum atomic E-state index is -0.943. The molecule has 1 aromatic heterocycles. The van der Waals surface area contributed by atoms with Crippen LogP contribution in [0.5, 0.6) is 0 Å². The first kappa shape index (κ1) is 29.8. The van der Waals surface area contributed by atoms with Crippen molar-refractivity contribution in [3.8, 4) is 11.3 Å². The third kappa shape index (κ3) is 6.25. The zero-order chi connectivity index (χ0) is 30.8. The van der Waals surface area contributed by atoms with Gasteiger partial charge in [-0.3, -0.25) is 4.79 Å². The molecule has 0 atom stereocenters. The van der Waals surface area contributed by atoms with Crippen molar-refractivity contribution < 1.29 is 22.8 Å². The number of amides is 3. The van der Waals surface area contributed by atoms with E-state index < -0.39 is 35.1 Å². The third-order valence-electron chi connectivity index (χ3n) is 6.75. The molecule has 9 nitrogen and oxygen atoms in total. The number of aromatic nitrogens is 2. The average molecular weight is 610 g/mol. The molecule has 222 valence electrons. The molecule has 1 aliphatic heterocycles. The number of hydrogen-bond acceptors (Lipinski definition) is 6. The van der Waals surface area contributed by atoms with Gasteiger partial charge in [0.05, 0.1) is 17.3 Å². The standard InChI is InChI=1S/C30H27ClF3N7O2/c1-16-7-8-17(28(42)37-18-9-10-22(32)21(31)14-18)13-19(16)25-20-15-36-30(43)41(26-23(33)5-4-6-24(26)34)27(20)39-29(38-25)35-11-12-40(2)3/h4-10,13-14H,11-12,15H2,1-3H3,(H,36,43)(H,37,42)(H,35,38,39). The van der Waals surface area contributed by atoms with Crippen molar-refractivity contribution in [3.63, 3.8) is 0 Å². The monoisotopic (exact) mass is 609 g/mol. The van der Waals surface area contributed by atoms with E-state index in [9.17, 15) is 22.8 Å². The largest absolute Gasteiger partial charge is 0.353 e. The summed E-state index contributed by atoms with van der Waals surface area (Å²) >= 11 is 5.86. The summed E-state index contributed by atoms with van der Waals surface area (Å²) in [6, 6.07) is 11.4. The maximum absolute atomic E-state index is 15.0. The van der Waals surface area contributed by atoms with Gasteiger partial charge >= 0.3 is 6.03 Å². The minimum Gasteiger partial charge on any atom is -0.353 e. The van der Waals surface area contributed by atoms with Crippen LogP contribution in [0.3, 0.4) is 0 Å². The third-order valence-corrected chi connectivity index (χ3v) is 7.04. The molecule has 4 aromatic rings. The fraction of sp³-hybridized carbons (Fsp3) is 0.200. The number of anilines is 4. The number of fused-ring (bicyclic) bond motifs is 1. The summed E-state index contributed by atoms with van der Waals surface area (Å²) in [6.45, 7) is 2.86. The first-order valence-corrected chi connectivity index (χ1v) is 13.6. The Morgan fingerprint density at radius 2 is 1.79 bits per heavy atom. The van der Waals surface area contributed by atoms with E-state index in [-0.39, 0.29) is 28.9 Å². The number of likely N-dealkylation sites (N-methyl/N-ethyl adjacent to an activating group) is 1. The summed E-state index contributed by atoms with van der Waals surface area (Å²) in [6.07, 6.45) is 0. The van der Waals surface area contributed by atoms with E-state index in [2.05, 4.69) is 20.9 Å². The molecule has 0 saturated carbocycles. The molecule has 2 heterocycles. The topological polar surface area (TPSA) is 102 Å². The predicted molar refractivity (Wildman–Crippen MR) is 159 cm³/mol. The molecule has 3 N–H and O–H groups in total. The summed E-state index contributed by atoms with van der Waals surface area (Å²) in [5.41, 5.74) is 2.00. The summed E-state index contributed by atoms with van der Waals surface area (Å²) in [5, 5.41) is 8.33. The lowest BCUT2D eigenvalue weighted by atomic mass is 9.97. The second-order valence-electron chi connectivity index (χ2n) is 10.1. The van der Waals surface area contributed by atoms with Crippen molar-refractivity contribution in [2.45, 2.75) is 13.5 Å². The van der Waals surface area contributed by atoms with E-state index in [1.54, 1.807) is 18.2 Å². The molecular weight excluding hydrogens is 583 g/mol. The number of aryl methyl sites for hydroxylation is 1. The van der Waals surface area contributed by atoms with Gasteiger partial charge in [0.1, 0.15) is 23.1 Å². The number of halogens is 4. The first-order valence-electron chi connectivity index (χ1n) is 13.2. The van der Waals surface area contributed by atoms with Crippen molar-refractivity contribution in [1.29, 1.82) is 0 Å². The number of hydrogen-bond donors (Lipinski definition) is 3. The number of carbonyl (C=O) groups is 2. The number of para-hydroxylation sites is 1. The van der Waals surface area contributed by atoms with Crippen LogP contribution in [0, 0.1) is 24.4 Å². The van der Waals surface area contributed by atoms with Crippen LogP contribution in [0.4, 0.5) is 41.1 Å². The Morgan fingerprint density at radius 1 is 1.05 bits per heavy atom. The van der Waals surface area contributed by atoms with Gasteiger partial charge in [-0.25, -0.2) is 27.8 Å². The van der Waals surface area contributed by atoms with Crippen molar-refractivity contribution in [3.05, 3.63) is 93.8 Å². The van der Waals surface area contributed by atoms with Crippen molar-refractivity contribution in [2.75, 3.05) is 42.7 Å². The number of nitrogens with one attached hydrogen (secondary N) is 3. The van der Waals surface area contributed by atoms with Gasteiger partial charge in [0.25, 0.3) is 5.91 Å². The van der Waals surface area contributed by atoms with E-state index in [1.165, 1.54) is 18.2 Å². The lowest BCUT2D eigenvalue weighted by molar-refractivity contribution is 0.102. The SMILES string of the molecule is Cc1ccc(C(=O)Nc2ccc(F)c(Cl)c2)cc1-c1nc(NCCN(C)C)nc2c1CNC(=O)N2c1c(F)cccc1F. The molecule has 0 saturated heterocycles. The Morgan fingerprint density at radius 3 is 2.49 bits per heavy atom. The molecule has 43 heavy (non-hydrogen) atoms. The predicted octanol–water partition coefficient (Wildman–Crippen LogP) is 6.11. The summed E-state index contributed by atoms with van der Waals surface area (Å²) in [7, 11) is 3.79. The van der Waals surface area contributed by atoms with E-state index in [0.29, 0.717) is 35.6 Å². The van der Waals surface area contributed by atoms with E-state index >= 15 is 0 Å². The van der Waals surface area contributed by atoms with Crippen LogP contribution in [-0.4, -0.2) is 54.0 Å². The molecule has 0 unspecified atom stereocenters. The summed E-state index contributed by atoms with van der Waals surface area (Å²) in [4.78, 5) is 38.3. The normalized spacial score (nSPS) is 12.7. The first-order chi connectivity index (χ1) is 20.5. The van der Waals surface area contributed by atoms with Crippen molar-refractivity contribution >= 4 is 46.7 Å². The fourth-order valence-electron chi connectivity index (χ4n) is 4.56. The second-order valence-corrected chi connectivity index (χ2v) is 10.5.